The molecule has 2 atom stereocenters. The predicted octanol–water partition coefficient (Wildman–Crippen LogP) is 0.959. The van der Waals surface area contributed by atoms with E-state index in [4.69, 9.17) is 9.84 Å². The molecule has 0 radical (unpaired) electrons. The van der Waals surface area contributed by atoms with E-state index in [2.05, 4.69) is 6.92 Å². The minimum Gasteiger partial charge on any atom is -0.480 e. The van der Waals surface area contributed by atoms with Gasteiger partial charge in [0.25, 0.3) is 0 Å². The van der Waals surface area contributed by atoms with Gasteiger partial charge >= 0.3 is 5.97 Å². The van der Waals surface area contributed by atoms with Crippen LogP contribution in [0.15, 0.2) is 0 Å². The average Bonchev–Trinajstić information content (AvgIpc) is 2.24. The van der Waals surface area contributed by atoms with Crippen LogP contribution in [0.3, 0.4) is 0 Å². The van der Waals surface area contributed by atoms with E-state index in [1.807, 2.05) is 6.92 Å². The lowest BCUT2D eigenvalue weighted by atomic mass is 10.2. The van der Waals surface area contributed by atoms with Crippen molar-refractivity contribution < 1.29 is 19.7 Å². The van der Waals surface area contributed by atoms with Crippen molar-refractivity contribution in [2.24, 2.45) is 0 Å². The maximum atomic E-state index is 10.9. The second-order valence-electron chi connectivity index (χ2n) is 4.28. The molecule has 0 heterocycles. The Morgan fingerprint density at radius 2 is 2.06 bits per heavy atom. The first-order chi connectivity index (χ1) is 8.02. The van der Waals surface area contributed by atoms with E-state index < -0.39 is 18.1 Å². The van der Waals surface area contributed by atoms with Crippen LogP contribution in [0.4, 0.5) is 0 Å². The SMILES string of the molecule is CCCCOCC(O)CN(C)C(CC)C(=O)O. The highest BCUT2D eigenvalue weighted by atomic mass is 16.5. The number of hydrogen-bond donors (Lipinski definition) is 2. The zero-order chi connectivity index (χ0) is 13.3. The molecule has 2 unspecified atom stereocenters. The minimum absolute atomic E-state index is 0.264. The topological polar surface area (TPSA) is 70.0 Å². The van der Waals surface area contributed by atoms with E-state index in [9.17, 15) is 9.90 Å². The van der Waals surface area contributed by atoms with Crippen LogP contribution in [-0.4, -0.2) is 60.0 Å². The van der Waals surface area contributed by atoms with Crippen molar-refractivity contribution in [2.45, 2.75) is 45.3 Å². The van der Waals surface area contributed by atoms with Gasteiger partial charge in [-0.25, -0.2) is 0 Å². The van der Waals surface area contributed by atoms with Crippen molar-refractivity contribution in [3.8, 4) is 0 Å². The van der Waals surface area contributed by atoms with Crippen molar-refractivity contribution in [2.75, 3.05) is 26.8 Å². The van der Waals surface area contributed by atoms with Crippen LogP contribution in [0.25, 0.3) is 0 Å². The van der Waals surface area contributed by atoms with Gasteiger partial charge in [-0.3, -0.25) is 9.69 Å². The third-order valence-corrected chi connectivity index (χ3v) is 2.66. The van der Waals surface area contributed by atoms with Crippen LogP contribution < -0.4 is 0 Å². The molecule has 5 heteroatoms. The normalized spacial score (nSPS) is 14.9. The summed E-state index contributed by atoms with van der Waals surface area (Å²) in [6.45, 7) is 5.12. The van der Waals surface area contributed by atoms with E-state index in [1.54, 1.807) is 11.9 Å². The van der Waals surface area contributed by atoms with Crippen LogP contribution in [0, 0.1) is 0 Å². The molecule has 0 saturated heterocycles. The van der Waals surface area contributed by atoms with Crippen LogP contribution in [0.1, 0.15) is 33.1 Å². The van der Waals surface area contributed by atoms with Crippen LogP contribution in [0.2, 0.25) is 0 Å². The zero-order valence-electron chi connectivity index (χ0n) is 11.1. The summed E-state index contributed by atoms with van der Waals surface area (Å²) in [5, 5.41) is 18.6. The van der Waals surface area contributed by atoms with Gasteiger partial charge in [0.1, 0.15) is 6.04 Å². The predicted molar refractivity (Wildman–Crippen MR) is 66.1 cm³/mol. The zero-order valence-corrected chi connectivity index (χ0v) is 11.1. The van der Waals surface area contributed by atoms with Crippen LogP contribution >= 0.6 is 0 Å². The number of likely N-dealkylation sites (N-methyl/N-ethyl adjacent to an activating group) is 1. The molecule has 0 fully saturated rings. The Labute approximate surface area is 103 Å². The molecular formula is C12H25NO4. The number of carboxylic acid groups (broad SMARTS) is 1. The Bertz CT molecular complexity index is 211. The molecule has 0 aromatic rings. The largest absolute Gasteiger partial charge is 0.480 e. The average molecular weight is 247 g/mol. The Balaban J connectivity index is 3.85. The maximum absolute atomic E-state index is 10.9. The van der Waals surface area contributed by atoms with Gasteiger partial charge in [0.15, 0.2) is 0 Å². The lowest BCUT2D eigenvalue weighted by Crippen LogP contribution is -2.43. The van der Waals surface area contributed by atoms with E-state index in [0.29, 0.717) is 19.6 Å². The highest BCUT2D eigenvalue weighted by molar-refractivity contribution is 5.73. The molecule has 0 amide bonds. The number of rotatable bonds is 10. The number of carboxylic acids is 1. The first kappa shape index (κ1) is 16.4. The molecule has 0 aliphatic rings. The van der Waals surface area contributed by atoms with Crippen molar-refractivity contribution in [1.29, 1.82) is 0 Å². The quantitative estimate of drug-likeness (QED) is 0.563. The summed E-state index contributed by atoms with van der Waals surface area (Å²) in [6.07, 6.45) is 1.93. The highest BCUT2D eigenvalue weighted by Crippen LogP contribution is 2.03. The molecular weight excluding hydrogens is 222 g/mol. The highest BCUT2D eigenvalue weighted by Gasteiger charge is 2.22. The molecule has 0 aliphatic heterocycles. The Hall–Kier alpha value is -0.650. The number of aliphatic hydroxyl groups excluding tert-OH is 1. The number of aliphatic carboxylic acids is 1. The summed E-state index contributed by atoms with van der Waals surface area (Å²) in [6, 6.07) is -0.541. The summed E-state index contributed by atoms with van der Waals surface area (Å²) in [7, 11) is 1.71. The molecule has 17 heavy (non-hydrogen) atoms. The van der Waals surface area contributed by atoms with Crippen molar-refractivity contribution in [1.82, 2.24) is 4.90 Å². The van der Waals surface area contributed by atoms with Gasteiger partial charge in [-0.15, -0.1) is 0 Å². The number of carbonyl (C=O) groups is 1. The first-order valence-corrected chi connectivity index (χ1v) is 6.21. The summed E-state index contributed by atoms with van der Waals surface area (Å²) in [5.41, 5.74) is 0. The third-order valence-electron chi connectivity index (χ3n) is 2.66. The number of aliphatic hydroxyl groups is 1. The van der Waals surface area contributed by atoms with Gasteiger partial charge in [-0.1, -0.05) is 20.3 Å². The fourth-order valence-electron chi connectivity index (χ4n) is 1.65. The summed E-state index contributed by atoms with van der Waals surface area (Å²) < 4.78 is 5.29. The monoisotopic (exact) mass is 247 g/mol. The smallest absolute Gasteiger partial charge is 0.320 e. The Kier molecular flexibility index (Phi) is 9.03. The molecule has 2 N–H and O–H groups in total. The molecule has 102 valence electrons. The molecule has 0 aromatic heterocycles. The Morgan fingerprint density at radius 3 is 2.53 bits per heavy atom. The summed E-state index contributed by atoms with van der Waals surface area (Å²) in [4.78, 5) is 12.5. The minimum atomic E-state index is -0.853. The van der Waals surface area contributed by atoms with E-state index >= 15 is 0 Å². The molecule has 0 rings (SSSR count). The number of unbranched alkanes of at least 4 members (excludes halogenated alkanes) is 1. The number of ether oxygens (including phenoxy) is 1. The molecule has 0 aromatic carbocycles. The maximum Gasteiger partial charge on any atom is 0.320 e. The fourth-order valence-corrected chi connectivity index (χ4v) is 1.65. The molecule has 0 spiro atoms. The van der Waals surface area contributed by atoms with Gasteiger partial charge in [0.05, 0.1) is 12.7 Å². The van der Waals surface area contributed by atoms with Crippen LogP contribution in [-0.2, 0) is 9.53 Å². The molecule has 0 saturated carbocycles. The molecule has 5 nitrogen and oxygen atoms in total. The lowest BCUT2D eigenvalue weighted by molar-refractivity contribution is -0.143. The molecule has 0 aliphatic carbocycles. The van der Waals surface area contributed by atoms with Crippen molar-refractivity contribution in [3.63, 3.8) is 0 Å². The van der Waals surface area contributed by atoms with Gasteiger partial charge in [-0.2, -0.15) is 0 Å². The summed E-state index contributed by atoms with van der Waals surface area (Å²) in [5.74, 6) is -0.853. The standard InChI is InChI=1S/C12H25NO4/c1-4-6-7-17-9-10(14)8-13(3)11(5-2)12(15)16/h10-11,14H,4-9H2,1-3H3,(H,15,16). The van der Waals surface area contributed by atoms with Gasteiger partial charge < -0.3 is 14.9 Å². The third kappa shape index (κ3) is 7.31. The van der Waals surface area contributed by atoms with Crippen LogP contribution in [0.5, 0.6) is 0 Å². The Morgan fingerprint density at radius 1 is 1.41 bits per heavy atom. The van der Waals surface area contributed by atoms with Crippen molar-refractivity contribution >= 4 is 5.97 Å². The first-order valence-electron chi connectivity index (χ1n) is 6.21. The number of nitrogens with zero attached hydrogens (tertiary/aromatic N) is 1. The van der Waals surface area contributed by atoms with Crippen molar-refractivity contribution in [3.05, 3.63) is 0 Å². The van der Waals surface area contributed by atoms with Gasteiger partial charge in [0, 0.05) is 13.2 Å². The second kappa shape index (κ2) is 9.39. The van der Waals surface area contributed by atoms with E-state index in [-0.39, 0.29) is 6.61 Å². The fraction of sp³-hybridized carbons (Fsp3) is 0.917. The van der Waals surface area contributed by atoms with E-state index in [1.165, 1.54) is 0 Å². The van der Waals surface area contributed by atoms with Gasteiger partial charge in [-0.05, 0) is 19.9 Å². The van der Waals surface area contributed by atoms with E-state index in [0.717, 1.165) is 12.8 Å². The molecule has 0 bridgehead atoms. The second-order valence-corrected chi connectivity index (χ2v) is 4.28. The van der Waals surface area contributed by atoms with Gasteiger partial charge in [0.2, 0.25) is 0 Å². The summed E-state index contributed by atoms with van der Waals surface area (Å²) >= 11 is 0. The lowest BCUT2D eigenvalue weighted by Gasteiger charge is -2.25. The number of hydrogen-bond acceptors (Lipinski definition) is 4.